The van der Waals surface area contributed by atoms with Crippen LogP contribution < -0.4 is 78.4 Å². The van der Waals surface area contributed by atoms with Crippen LogP contribution in [0.3, 0.4) is 0 Å². The van der Waals surface area contributed by atoms with Gasteiger partial charge < -0.3 is 29.2 Å². The predicted octanol–water partition coefficient (Wildman–Crippen LogP) is 13.2. The third-order valence-electron chi connectivity index (χ3n) is 18.5. The molecule has 0 fully saturated rings. The van der Waals surface area contributed by atoms with Crippen molar-refractivity contribution in [3.8, 4) is 11.5 Å². The first-order chi connectivity index (χ1) is 41.4. The molecule has 0 amide bonds. The Balaban J connectivity index is 0.977. The van der Waals surface area contributed by atoms with Crippen molar-refractivity contribution in [3.63, 3.8) is 0 Å². The Labute approximate surface area is 491 Å². The van der Waals surface area contributed by atoms with Crippen molar-refractivity contribution < 1.29 is 4.74 Å². The molecule has 0 atom stereocenters. The van der Waals surface area contributed by atoms with Crippen molar-refractivity contribution in [2.75, 3.05) is 24.5 Å². The molecule has 84 heavy (non-hydrogen) atoms. The number of hydrogen-bond acceptors (Lipinski definition) is 6. The lowest BCUT2D eigenvalue weighted by molar-refractivity contribution is 0.487. The minimum absolute atomic E-state index is 0.0833. The zero-order valence-corrected chi connectivity index (χ0v) is 46.7. The Kier molecular flexibility index (Phi) is 10.0. The zero-order valence-electron chi connectivity index (χ0n) is 46.7. The Morgan fingerprint density at radius 1 is 0.226 bits per heavy atom. The first-order valence-electron chi connectivity index (χ1n) is 29.3. The maximum absolute atomic E-state index is 6.99. The van der Waals surface area contributed by atoms with Gasteiger partial charge in [-0.15, -0.1) is 0 Å². The van der Waals surface area contributed by atoms with Crippen LogP contribution in [0.15, 0.2) is 261 Å². The van der Waals surface area contributed by atoms with Crippen LogP contribution in [-0.2, 0) is 0 Å². The third kappa shape index (κ3) is 6.66. The van der Waals surface area contributed by atoms with Crippen LogP contribution in [0.2, 0.25) is 0 Å². The topological polar surface area (TPSA) is 25.4 Å². The van der Waals surface area contributed by atoms with E-state index in [0.29, 0.717) is 0 Å². The minimum Gasteiger partial charge on any atom is -0.458 e. The number of fused-ring (bicyclic) bond motifs is 12. The minimum atomic E-state index is -0.181. The van der Waals surface area contributed by atoms with E-state index >= 15 is 0 Å². The van der Waals surface area contributed by atoms with E-state index in [1.807, 2.05) is 0 Å². The maximum Gasteiger partial charge on any atom is 0.256 e. The molecule has 6 nitrogen and oxygen atoms in total. The molecule has 6 aliphatic rings. The average molecular weight is 1070 g/mol. The molecule has 12 aromatic carbocycles. The monoisotopic (exact) mass is 1070 g/mol. The van der Waals surface area contributed by atoms with Crippen LogP contribution in [0.1, 0.15) is 16.7 Å². The zero-order chi connectivity index (χ0) is 55.5. The number of benzene rings is 12. The molecule has 0 saturated heterocycles. The highest BCUT2D eigenvalue weighted by molar-refractivity contribution is 7.04. The fraction of sp³-hybridized carbons (Fsp3) is 0.0400. The quantitative estimate of drug-likeness (QED) is 0.159. The Hall–Kier alpha value is -10.4. The van der Waals surface area contributed by atoms with E-state index < -0.39 is 0 Å². The molecule has 392 valence electrons. The highest BCUT2D eigenvalue weighted by Gasteiger charge is 2.50. The second kappa shape index (κ2) is 17.8. The molecule has 6 aliphatic heterocycles. The van der Waals surface area contributed by atoms with Gasteiger partial charge in [-0.05, 0) is 208 Å². The molecule has 0 N–H and O–H groups in total. The summed E-state index contributed by atoms with van der Waals surface area (Å²) in [6, 6.07) is 97.6. The fourth-order valence-corrected chi connectivity index (χ4v) is 15.3. The maximum atomic E-state index is 6.99. The van der Waals surface area contributed by atoms with Crippen molar-refractivity contribution in [2.45, 2.75) is 20.8 Å². The van der Waals surface area contributed by atoms with E-state index in [1.54, 1.807) is 0 Å². The Morgan fingerprint density at radius 3 is 0.929 bits per heavy atom. The summed E-state index contributed by atoms with van der Waals surface area (Å²) in [5.41, 5.74) is 32.3. The van der Waals surface area contributed by atoms with E-state index in [-0.39, 0.29) is 20.1 Å². The first-order valence-corrected chi connectivity index (χ1v) is 29.3. The van der Waals surface area contributed by atoms with Gasteiger partial charge in [0, 0.05) is 85.3 Å². The molecule has 0 aromatic heterocycles. The lowest BCUT2D eigenvalue weighted by Gasteiger charge is -2.48. The second-order valence-corrected chi connectivity index (χ2v) is 23.4. The van der Waals surface area contributed by atoms with Gasteiger partial charge >= 0.3 is 0 Å². The van der Waals surface area contributed by atoms with Gasteiger partial charge in [-0.2, -0.15) is 0 Å². The summed E-state index contributed by atoms with van der Waals surface area (Å²) in [6.45, 7) is 6.36. The summed E-state index contributed by atoms with van der Waals surface area (Å²) >= 11 is 0. The van der Waals surface area contributed by atoms with Crippen LogP contribution >= 0.6 is 0 Å². The van der Waals surface area contributed by atoms with Crippen LogP contribution in [-0.4, -0.2) is 20.1 Å². The van der Waals surface area contributed by atoms with Gasteiger partial charge in [0.2, 0.25) is 0 Å². The SMILES string of the molecule is Cc1cc2c3c(c1)N(c1ccccc1)c1cc4c(cc1B3c1ccccc1O2)B1c2cc3c(cc2N(c2ccccc2)c2cc(C)cc(c21)N4c1ccccc1)N(c1ccccc1)c1cc(C)cc2c1B3c1ccccc1N2c1ccccc1. The highest BCUT2D eigenvalue weighted by atomic mass is 16.5. The molecule has 0 unspecified atom stereocenters. The lowest BCUT2D eigenvalue weighted by Crippen LogP contribution is -2.66. The van der Waals surface area contributed by atoms with Crippen molar-refractivity contribution >= 4 is 155 Å². The summed E-state index contributed by atoms with van der Waals surface area (Å²) in [5, 5.41) is 0. The standard InChI is InChI=1S/C75H52B3N5O/c1-47-37-66-73-67(38-47)80(51-25-11-5-12-26-51)62-45-64-59(43-57(62)76(73)55-33-19-21-35-61(55)79(66)50-23-9-4-10-24-50)78-60-44-58-63(83(54-31-17-8-18-32-54)70-41-49(3)42-72-75(70)77(58)56-34-20-22-36-71(56)84-72)46-65(60)82(53-29-15-7-16-30-53)69-40-48(2)39-68(74(69)78)81(64)52-27-13-6-14-28-52/h4-46H,1-3H3. The lowest BCUT2D eigenvalue weighted by atomic mass is 9.29. The van der Waals surface area contributed by atoms with Gasteiger partial charge in [0.25, 0.3) is 20.1 Å². The number of hydrogen-bond donors (Lipinski definition) is 0. The second-order valence-electron chi connectivity index (χ2n) is 23.4. The molecule has 6 heterocycles. The average Bonchev–Trinajstić information content (AvgIpc) is 1.00. The van der Waals surface area contributed by atoms with Gasteiger partial charge in [0.05, 0.1) is 0 Å². The Morgan fingerprint density at radius 2 is 0.524 bits per heavy atom. The van der Waals surface area contributed by atoms with Crippen molar-refractivity contribution in [3.05, 3.63) is 278 Å². The molecule has 0 aliphatic carbocycles. The van der Waals surface area contributed by atoms with Gasteiger partial charge in [-0.1, -0.05) is 140 Å². The fourth-order valence-electron chi connectivity index (χ4n) is 15.3. The number of para-hydroxylation sites is 7. The van der Waals surface area contributed by atoms with Crippen molar-refractivity contribution in [1.82, 2.24) is 0 Å². The van der Waals surface area contributed by atoms with Gasteiger partial charge in [-0.25, -0.2) is 0 Å². The van der Waals surface area contributed by atoms with E-state index in [2.05, 4.69) is 306 Å². The van der Waals surface area contributed by atoms with E-state index in [1.165, 1.54) is 106 Å². The molecule has 0 radical (unpaired) electrons. The van der Waals surface area contributed by atoms with E-state index in [9.17, 15) is 0 Å². The molecular weight excluding hydrogens is 1020 g/mol. The highest BCUT2D eigenvalue weighted by Crippen LogP contribution is 2.51. The van der Waals surface area contributed by atoms with Crippen LogP contribution in [0, 0.1) is 20.8 Å². The number of aryl methyl sites for hydroxylation is 3. The molecule has 12 aromatic rings. The van der Waals surface area contributed by atoms with Crippen LogP contribution in [0.25, 0.3) is 0 Å². The number of ether oxygens (including phenoxy) is 1. The largest absolute Gasteiger partial charge is 0.458 e. The molecule has 0 spiro atoms. The summed E-state index contributed by atoms with van der Waals surface area (Å²) in [4.78, 5) is 12.7. The molecule has 0 saturated carbocycles. The molecule has 0 bridgehead atoms. The van der Waals surface area contributed by atoms with E-state index in [4.69, 9.17) is 4.74 Å². The normalized spacial score (nSPS) is 14.0. The summed E-state index contributed by atoms with van der Waals surface area (Å²) in [5.74, 6) is 1.82. The summed E-state index contributed by atoms with van der Waals surface area (Å²) in [6.07, 6.45) is 0. The molecule has 18 rings (SSSR count). The predicted molar refractivity (Wildman–Crippen MR) is 355 cm³/mol. The molecular formula is C75H52B3N5O. The number of anilines is 15. The molecule has 9 heteroatoms. The van der Waals surface area contributed by atoms with Crippen LogP contribution in [0.5, 0.6) is 11.5 Å². The summed E-state index contributed by atoms with van der Waals surface area (Å²) in [7, 11) is 0. The van der Waals surface area contributed by atoms with Crippen molar-refractivity contribution in [1.29, 1.82) is 0 Å². The van der Waals surface area contributed by atoms with Gasteiger partial charge in [0.15, 0.2) is 0 Å². The van der Waals surface area contributed by atoms with Gasteiger partial charge in [0.1, 0.15) is 11.5 Å². The number of nitrogens with zero attached hydrogens (tertiary/aromatic N) is 5. The first kappa shape index (κ1) is 47.3. The third-order valence-corrected chi connectivity index (χ3v) is 18.5. The number of rotatable bonds is 5. The van der Waals surface area contributed by atoms with E-state index in [0.717, 1.165) is 56.9 Å². The van der Waals surface area contributed by atoms with Crippen LogP contribution in [0.4, 0.5) is 85.3 Å². The Bertz CT molecular complexity index is 4720. The van der Waals surface area contributed by atoms with Gasteiger partial charge in [-0.3, -0.25) is 0 Å². The van der Waals surface area contributed by atoms with Crippen molar-refractivity contribution in [2.24, 2.45) is 0 Å². The summed E-state index contributed by atoms with van der Waals surface area (Å²) < 4.78 is 6.99. The smallest absolute Gasteiger partial charge is 0.256 e.